The van der Waals surface area contributed by atoms with Crippen LogP contribution in [0.15, 0.2) is 30.3 Å². The Morgan fingerprint density at radius 1 is 1.14 bits per heavy atom. The number of hydrogen-bond donors (Lipinski definition) is 0. The highest BCUT2D eigenvalue weighted by molar-refractivity contribution is 5.79. The first-order valence-electron chi connectivity index (χ1n) is 7.85. The number of morpholine rings is 1. The van der Waals surface area contributed by atoms with Crippen LogP contribution in [0.3, 0.4) is 0 Å². The van der Waals surface area contributed by atoms with E-state index in [9.17, 15) is 4.79 Å². The van der Waals surface area contributed by atoms with Crippen LogP contribution < -0.4 is 0 Å². The molecule has 0 aromatic heterocycles. The van der Waals surface area contributed by atoms with Crippen molar-refractivity contribution in [1.82, 2.24) is 4.90 Å². The van der Waals surface area contributed by atoms with Crippen LogP contribution in [0.5, 0.6) is 0 Å². The number of hydrogen-bond acceptors (Lipinski definition) is 3. The molecule has 1 amide bonds. The Morgan fingerprint density at radius 2 is 1.90 bits per heavy atom. The van der Waals surface area contributed by atoms with Gasteiger partial charge in [0.25, 0.3) is 0 Å². The number of amides is 1. The Bertz CT molecular complexity index is 456. The zero-order valence-electron chi connectivity index (χ0n) is 12.4. The van der Waals surface area contributed by atoms with Gasteiger partial charge in [-0.15, -0.1) is 0 Å². The summed E-state index contributed by atoms with van der Waals surface area (Å²) in [6.07, 6.45) is 2.71. The van der Waals surface area contributed by atoms with E-state index in [1.54, 1.807) is 0 Å². The minimum absolute atomic E-state index is 0.116. The molecule has 2 aliphatic heterocycles. The van der Waals surface area contributed by atoms with Gasteiger partial charge in [0.05, 0.1) is 12.7 Å². The molecule has 2 heterocycles. The van der Waals surface area contributed by atoms with E-state index in [1.165, 1.54) is 5.56 Å². The summed E-state index contributed by atoms with van der Waals surface area (Å²) in [6.45, 7) is 3.52. The average Bonchev–Trinajstić information content (AvgIpc) is 2.56. The second kappa shape index (κ2) is 7.05. The van der Waals surface area contributed by atoms with Crippen molar-refractivity contribution in [3.8, 4) is 0 Å². The molecule has 0 radical (unpaired) electrons. The smallest absolute Gasteiger partial charge is 0.226 e. The van der Waals surface area contributed by atoms with Gasteiger partial charge in [-0.05, 0) is 18.4 Å². The van der Waals surface area contributed by atoms with Crippen molar-refractivity contribution in [3.63, 3.8) is 0 Å². The fourth-order valence-corrected chi connectivity index (χ4v) is 3.12. The maximum atomic E-state index is 12.6. The lowest BCUT2D eigenvalue weighted by atomic mass is 9.98. The molecule has 1 atom stereocenters. The molecular weight excluding hydrogens is 266 g/mol. The lowest BCUT2D eigenvalue weighted by Gasteiger charge is -2.36. The number of carbonyl (C=O) groups is 1. The van der Waals surface area contributed by atoms with Gasteiger partial charge in [0.2, 0.25) is 5.91 Å². The molecule has 2 fully saturated rings. The zero-order chi connectivity index (χ0) is 14.5. The molecule has 2 aliphatic rings. The summed E-state index contributed by atoms with van der Waals surface area (Å²) in [7, 11) is 0. The summed E-state index contributed by atoms with van der Waals surface area (Å²) in [5.41, 5.74) is 1.27. The van der Waals surface area contributed by atoms with Crippen LogP contribution in [0.25, 0.3) is 0 Å². The Morgan fingerprint density at radius 3 is 2.67 bits per heavy atom. The normalized spacial score (nSPS) is 24.0. The van der Waals surface area contributed by atoms with E-state index in [2.05, 4.69) is 12.1 Å². The third-order valence-corrected chi connectivity index (χ3v) is 4.33. The molecular formula is C17H23NO3. The number of ether oxygens (including phenoxy) is 2. The molecule has 3 rings (SSSR count). The fraction of sp³-hybridized carbons (Fsp3) is 0.588. The molecule has 4 heteroatoms. The lowest BCUT2D eigenvalue weighted by Crippen LogP contribution is -2.49. The van der Waals surface area contributed by atoms with Gasteiger partial charge < -0.3 is 14.4 Å². The quantitative estimate of drug-likeness (QED) is 0.853. The van der Waals surface area contributed by atoms with Crippen molar-refractivity contribution in [2.75, 3.05) is 32.9 Å². The van der Waals surface area contributed by atoms with Crippen molar-refractivity contribution in [2.45, 2.75) is 25.4 Å². The van der Waals surface area contributed by atoms with Crippen molar-refractivity contribution < 1.29 is 14.3 Å². The van der Waals surface area contributed by atoms with E-state index in [4.69, 9.17) is 9.47 Å². The highest BCUT2D eigenvalue weighted by atomic mass is 16.5. The maximum absolute atomic E-state index is 12.6. The second-order valence-electron chi connectivity index (χ2n) is 5.85. The van der Waals surface area contributed by atoms with Crippen LogP contribution in [-0.2, 0) is 20.7 Å². The number of benzene rings is 1. The third-order valence-electron chi connectivity index (χ3n) is 4.33. The van der Waals surface area contributed by atoms with Crippen molar-refractivity contribution in [2.24, 2.45) is 5.92 Å². The molecule has 114 valence electrons. The van der Waals surface area contributed by atoms with Gasteiger partial charge in [-0.1, -0.05) is 30.3 Å². The van der Waals surface area contributed by atoms with Crippen LogP contribution in [0.4, 0.5) is 0 Å². The molecule has 0 N–H and O–H groups in total. The second-order valence-corrected chi connectivity index (χ2v) is 5.85. The average molecular weight is 289 g/mol. The van der Waals surface area contributed by atoms with Gasteiger partial charge in [-0.3, -0.25) is 4.79 Å². The van der Waals surface area contributed by atoms with Crippen LogP contribution in [-0.4, -0.2) is 49.8 Å². The molecule has 0 spiro atoms. The van der Waals surface area contributed by atoms with Gasteiger partial charge in [0.1, 0.15) is 0 Å². The van der Waals surface area contributed by atoms with Gasteiger partial charge in [0, 0.05) is 38.6 Å². The minimum Gasteiger partial charge on any atom is -0.381 e. The monoisotopic (exact) mass is 289 g/mol. The lowest BCUT2D eigenvalue weighted by molar-refractivity contribution is -0.146. The molecule has 0 saturated carbocycles. The highest BCUT2D eigenvalue weighted by Gasteiger charge is 2.30. The van der Waals surface area contributed by atoms with Crippen LogP contribution >= 0.6 is 0 Å². The molecule has 21 heavy (non-hydrogen) atoms. The van der Waals surface area contributed by atoms with Gasteiger partial charge in [0.15, 0.2) is 0 Å². The fourth-order valence-electron chi connectivity index (χ4n) is 3.12. The first-order chi connectivity index (χ1) is 10.3. The highest BCUT2D eigenvalue weighted by Crippen LogP contribution is 2.20. The maximum Gasteiger partial charge on any atom is 0.226 e. The summed E-state index contributed by atoms with van der Waals surface area (Å²) in [5, 5.41) is 0. The van der Waals surface area contributed by atoms with E-state index < -0.39 is 0 Å². The summed E-state index contributed by atoms with van der Waals surface area (Å²) < 4.78 is 11.2. The molecule has 1 unspecified atom stereocenters. The molecule has 4 nitrogen and oxygen atoms in total. The number of rotatable bonds is 3. The van der Waals surface area contributed by atoms with E-state index in [-0.39, 0.29) is 12.0 Å². The van der Waals surface area contributed by atoms with E-state index in [0.717, 1.165) is 25.8 Å². The minimum atomic E-state index is 0.116. The van der Waals surface area contributed by atoms with E-state index in [0.29, 0.717) is 32.3 Å². The predicted molar refractivity (Wildman–Crippen MR) is 80.0 cm³/mol. The topological polar surface area (TPSA) is 38.8 Å². The summed E-state index contributed by atoms with van der Waals surface area (Å²) >= 11 is 0. The summed E-state index contributed by atoms with van der Waals surface area (Å²) in [4.78, 5) is 14.6. The third kappa shape index (κ3) is 3.83. The SMILES string of the molecule is O=C(C1CCOCC1)N1CCOC(Cc2ccccc2)C1. The Hall–Kier alpha value is -1.39. The van der Waals surface area contributed by atoms with Crippen molar-refractivity contribution >= 4 is 5.91 Å². The van der Waals surface area contributed by atoms with Crippen molar-refractivity contribution in [3.05, 3.63) is 35.9 Å². The van der Waals surface area contributed by atoms with Crippen LogP contribution in [0.1, 0.15) is 18.4 Å². The largest absolute Gasteiger partial charge is 0.381 e. The predicted octanol–water partition coefficient (Wildman–Crippen LogP) is 1.88. The van der Waals surface area contributed by atoms with Crippen molar-refractivity contribution in [1.29, 1.82) is 0 Å². The first-order valence-corrected chi connectivity index (χ1v) is 7.85. The molecule has 0 aliphatic carbocycles. The van der Waals surface area contributed by atoms with Gasteiger partial charge >= 0.3 is 0 Å². The molecule has 1 aromatic carbocycles. The summed E-state index contributed by atoms with van der Waals surface area (Å²) in [6, 6.07) is 10.3. The van der Waals surface area contributed by atoms with E-state index in [1.807, 2.05) is 23.1 Å². The Labute approximate surface area is 126 Å². The zero-order valence-corrected chi connectivity index (χ0v) is 12.4. The Balaban J connectivity index is 1.56. The Kier molecular flexibility index (Phi) is 4.88. The number of carbonyl (C=O) groups excluding carboxylic acids is 1. The molecule has 1 aromatic rings. The van der Waals surface area contributed by atoms with E-state index >= 15 is 0 Å². The first kappa shape index (κ1) is 14.5. The molecule has 2 saturated heterocycles. The number of nitrogens with zero attached hydrogens (tertiary/aromatic N) is 1. The van der Waals surface area contributed by atoms with Gasteiger partial charge in [-0.2, -0.15) is 0 Å². The van der Waals surface area contributed by atoms with Crippen LogP contribution in [0.2, 0.25) is 0 Å². The standard InChI is InChI=1S/C17H23NO3/c19-17(15-6-9-20-10-7-15)18-8-11-21-16(13-18)12-14-4-2-1-3-5-14/h1-5,15-16H,6-13H2. The van der Waals surface area contributed by atoms with Gasteiger partial charge in [-0.25, -0.2) is 0 Å². The molecule has 0 bridgehead atoms. The summed E-state index contributed by atoms with van der Waals surface area (Å²) in [5.74, 6) is 0.439. The van der Waals surface area contributed by atoms with Crippen LogP contribution in [0, 0.1) is 5.92 Å².